The van der Waals surface area contributed by atoms with Crippen LogP contribution >= 0.6 is 0 Å². The summed E-state index contributed by atoms with van der Waals surface area (Å²) < 4.78 is 27.8. The number of halogens is 2. The lowest BCUT2D eigenvalue weighted by molar-refractivity contribution is 0.0128. The highest BCUT2D eigenvalue weighted by molar-refractivity contribution is 5.64. The predicted molar refractivity (Wildman–Crippen MR) is 80.5 cm³/mol. The largest absolute Gasteiger partial charge is 0.286 e. The number of rotatable bonds is 3. The van der Waals surface area contributed by atoms with Gasteiger partial charge in [-0.2, -0.15) is 13.3 Å². The normalized spacial score (nSPS) is 12.3. The highest BCUT2D eigenvalue weighted by atomic mass is 19.3. The molecule has 6 nitrogen and oxygen atoms in total. The van der Waals surface area contributed by atoms with Gasteiger partial charge in [0.1, 0.15) is 12.0 Å². The maximum Gasteiger partial charge on any atom is 0.286 e. The lowest BCUT2D eigenvalue weighted by Crippen LogP contribution is -2.22. The van der Waals surface area contributed by atoms with E-state index in [9.17, 15) is 13.6 Å². The first-order valence-electron chi connectivity index (χ1n) is 7.10. The number of fused-ring (bicyclic) bond motifs is 1. The molecule has 0 saturated heterocycles. The Morgan fingerprint density at radius 2 is 2.00 bits per heavy atom. The van der Waals surface area contributed by atoms with Crippen LogP contribution in [-0.4, -0.2) is 24.6 Å². The molecule has 0 fully saturated rings. The average Bonchev–Trinajstić information content (AvgIpc) is 2.94. The average molecular weight is 319 g/mol. The van der Waals surface area contributed by atoms with Crippen LogP contribution < -0.4 is 5.56 Å². The molecule has 0 aromatic carbocycles. The highest BCUT2D eigenvalue weighted by Crippen LogP contribution is 2.28. The summed E-state index contributed by atoms with van der Waals surface area (Å²) in [5, 5.41) is 2.71. The number of H-pyrrole nitrogens is 1. The van der Waals surface area contributed by atoms with E-state index >= 15 is 0 Å². The molecule has 0 amide bonds. The van der Waals surface area contributed by atoms with Crippen LogP contribution in [0.5, 0.6) is 0 Å². The summed E-state index contributed by atoms with van der Waals surface area (Å²) in [5.41, 5.74) is 0.803. The minimum Gasteiger partial charge on any atom is -0.278 e. The van der Waals surface area contributed by atoms with E-state index in [-0.39, 0.29) is 22.9 Å². The molecule has 23 heavy (non-hydrogen) atoms. The molecule has 0 unspecified atom stereocenters. The van der Waals surface area contributed by atoms with Gasteiger partial charge in [-0.3, -0.25) is 14.9 Å². The van der Waals surface area contributed by atoms with E-state index < -0.39 is 5.92 Å². The summed E-state index contributed by atoms with van der Waals surface area (Å²) in [6.45, 7) is 4.52. The minimum absolute atomic E-state index is 0.0995. The molecule has 0 atom stereocenters. The van der Waals surface area contributed by atoms with Crippen molar-refractivity contribution in [2.75, 3.05) is 0 Å². The van der Waals surface area contributed by atoms with Gasteiger partial charge in [0.25, 0.3) is 17.3 Å². The summed E-state index contributed by atoms with van der Waals surface area (Å²) in [6.07, 6.45) is 2.68. The predicted octanol–water partition coefficient (Wildman–Crippen LogP) is 2.71. The molecule has 3 heterocycles. The number of nitrogens with one attached hydrogen (secondary N) is 1. The van der Waals surface area contributed by atoms with Gasteiger partial charge in [-0.25, -0.2) is 9.97 Å². The lowest BCUT2D eigenvalue weighted by Gasteiger charge is -2.13. The first-order valence-corrected chi connectivity index (χ1v) is 7.10. The second-order valence-electron chi connectivity index (χ2n) is 5.68. The van der Waals surface area contributed by atoms with Gasteiger partial charge in [0.2, 0.25) is 0 Å². The lowest BCUT2D eigenvalue weighted by atomic mass is 9.99. The van der Waals surface area contributed by atoms with Gasteiger partial charge in [0.05, 0.1) is 5.69 Å². The van der Waals surface area contributed by atoms with Crippen molar-refractivity contribution in [3.63, 3.8) is 0 Å². The van der Waals surface area contributed by atoms with E-state index in [1.165, 1.54) is 29.2 Å². The zero-order valence-electron chi connectivity index (χ0n) is 12.8. The number of hydrogen-bond acceptors (Lipinski definition) is 4. The van der Waals surface area contributed by atoms with E-state index in [0.29, 0.717) is 16.8 Å². The standard InChI is InChI=1S/C15H15F2N5O/c1-8(2)11-12(21-14-19-7-20-22(14)13(11)23)9-4-5-10(18-6-9)15(3,16)17/h4-8H,1-3H3,(H,19,20,21). The SMILES string of the molecule is CC(C)c1c(-c2ccc(C(C)(F)F)nc2)nc2nc[nH]n2c1=O. The first-order chi connectivity index (χ1) is 10.8. The third kappa shape index (κ3) is 2.60. The van der Waals surface area contributed by atoms with E-state index in [2.05, 4.69) is 20.1 Å². The third-order valence-corrected chi connectivity index (χ3v) is 3.53. The molecule has 0 aliphatic rings. The van der Waals surface area contributed by atoms with Crippen molar-refractivity contribution in [1.29, 1.82) is 0 Å². The van der Waals surface area contributed by atoms with Gasteiger partial charge < -0.3 is 0 Å². The fraction of sp³-hybridized carbons (Fsp3) is 0.333. The van der Waals surface area contributed by atoms with Crippen LogP contribution in [-0.2, 0) is 5.92 Å². The smallest absolute Gasteiger partial charge is 0.278 e. The van der Waals surface area contributed by atoms with Gasteiger partial charge in [-0.15, -0.1) is 0 Å². The van der Waals surface area contributed by atoms with Crippen LogP contribution in [0.2, 0.25) is 0 Å². The molecule has 3 rings (SSSR count). The monoisotopic (exact) mass is 319 g/mol. The number of nitrogens with zero attached hydrogens (tertiary/aromatic N) is 4. The molecule has 0 aliphatic heterocycles. The number of pyridine rings is 1. The van der Waals surface area contributed by atoms with Gasteiger partial charge in [0, 0.05) is 24.2 Å². The summed E-state index contributed by atoms with van der Waals surface area (Å²) in [7, 11) is 0. The number of aromatic amines is 1. The quantitative estimate of drug-likeness (QED) is 0.805. The molecule has 3 aromatic heterocycles. The second-order valence-corrected chi connectivity index (χ2v) is 5.68. The molecule has 8 heteroatoms. The fourth-order valence-corrected chi connectivity index (χ4v) is 2.40. The minimum atomic E-state index is -3.02. The van der Waals surface area contributed by atoms with Gasteiger partial charge in [0.15, 0.2) is 0 Å². The molecule has 0 aliphatic carbocycles. The molecule has 0 saturated carbocycles. The van der Waals surface area contributed by atoms with Crippen molar-refractivity contribution in [3.8, 4) is 11.3 Å². The van der Waals surface area contributed by atoms with Crippen molar-refractivity contribution in [2.24, 2.45) is 0 Å². The van der Waals surface area contributed by atoms with E-state index in [1.54, 1.807) is 0 Å². The van der Waals surface area contributed by atoms with E-state index in [4.69, 9.17) is 0 Å². The number of aromatic nitrogens is 5. The van der Waals surface area contributed by atoms with Crippen molar-refractivity contribution in [3.05, 3.63) is 46.3 Å². The van der Waals surface area contributed by atoms with E-state index in [0.717, 1.165) is 6.92 Å². The molecule has 120 valence electrons. The third-order valence-electron chi connectivity index (χ3n) is 3.53. The van der Waals surface area contributed by atoms with Crippen LogP contribution in [0.15, 0.2) is 29.5 Å². The van der Waals surface area contributed by atoms with Crippen LogP contribution in [0, 0.1) is 0 Å². The number of alkyl halides is 2. The topological polar surface area (TPSA) is 75.9 Å². The van der Waals surface area contributed by atoms with E-state index in [1.807, 2.05) is 13.8 Å². The Hall–Kier alpha value is -2.64. The highest BCUT2D eigenvalue weighted by Gasteiger charge is 2.26. The summed E-state index contributed by atoms with van der Waals surface area (Å²) >= 11 is 0. The zero-order chi connectivity index (χ0) is 16.8. The van der Waals surface area contributed by atoms with Crippen molar-refractivity contribution < 1.29 is 8.78 Å². The summed E-state index contributed by atoms with van der Waals surface area (Å²) in [5.74, 6) is -2.89. The Kier molecular flexibility index (Phi) is 3.46. The molecular formula is C15H15F2N5O. The molecular weight excluding hydrogens is 304 g/mol. The van der Waals surface area contributed by atoms with Crippen molar-refractivity contribution >= 4 is 5.78 Å². The molecule has 0 radical (unpaired) electrons. The zero-order valence-corrected chi connectivity index (χ0v) is 12.8. The summed E-state index contributed by atoms with van der Waals surface area (Å²) in [6, 6.07) is 2.74. The maximum absolute atomic E-state index is 13.3. The van der Waals surface area contributed by atoms with Gasteiger partial charge in [-0.1, -0.05) is 13.8 Å². The molecule has 3 aromatic rings. The second kappa shape index (κ2) is 5.22. The Morgan fingerprint density at radius 1 is 1.26 bits per heavy atom. The maximum atomic E-state index is 13.3. The Bertz CT molecular complexity index is 906. The Morgan fingerprint density at radius 3 is 2.57 bits per heavy atom. The number of hydrogen-bond donors (Lipinski definition) is 1. The van der Waals surface area contributed by atoms with Gasteiger partial charge in [-0.05, 0) is 18.1 Å². The summed E-state index contributed by atoms with van der Waals surface area (Å²) in [4.78, 5) is 24.7. The van der Waals surface area contributed by atoms with Crippen LogP contribution in [0.25, 0.3) is 17.0 Å². The van der Waals surface area contributed by atoms with Crippen LogP contribution in [0.3, 0.4) is 0 Å². The molecule has 0 spiro atoms. The van der Waals surface area contributed by atoms with Crippen LogP contribution in [0.4, 0.5) is 8.78 Å². The Labute approximate surface area is 130 Å². The van der Waals surface area contributed by atoms with Gasteiger partial charge >= 0.3 is 0 Å². The van der Waals surface area contributed by atoms with Crippen molar-refractivity contribution in [1.82, 2.24) is 24.6 Å². The van der Waals surface area contributed by atoms with Crippen molar-refractivity contribution in [2.45, 2.75) is 32.6 Å². The molecule has 1 N–H and O–H groups in total. The fourth-order valence-electron chi connectivity index (χ4n) is 2.40. The molecule has 0 bridgehead atoms. The van der Waals surface area contributed by atoms with Crippen LogP contribution in [0.1, 0.15) is 37.9 Å². The Balaban J connectivity index is 2.23. The first kappa shape index (κ1) is 15.3.